The molecule has 0 radical (unpaired) electrons. The third-order valence-electron chi connectivity index (χ3n) is 6.12. The number of rotatable bonds is 5. The Balaban J connectivity index is 1.83. The number of aromatic nitrogens is 3. The average molecular weight is 413 g/mol. The molecular formula is C26H25FN4. The number of pyridine rings is 1. The minimum Gasteiger partial charge on any atom is -0.334 e. The Bertz CT molecular complexity index is 1300. The highest BCUT2D eigenvalue weighted by Crippen LogP contribution is 2.31. The van der Waals surface area contributed by atoms with E-state index in [4.69, 9.17) is 4.98 Å². The second kappa shape index (κ2) is 8.31. The second-order valence-corrected chi connectivity index (χ2v) is 7.95. The Kier molecular flexibility index (Phi) is 5.56. The van der Waals surface area contributed by atoms with E-state index in [2.05, 4.69) is 31.0 Å². The van der Waals surface area contributed by atoms with Gasteiger partial charge in [-0.15, -0.1) is 0 Å². The van der Waals surface area contributed by atoms with Crippen LogP contribution in [-0.2, 0) is 19.9 Å². The molecule has 4 aromatic rings. The fraction of sp³-hybridized carbons (Fsp3) is 0.269. The smallest absolute Gasteiger partial charge is 0.123 e. The van der Waals surface area contributed by atoms with E-state index in [9.17, 15) is 9.65 Å². The minimum absolute atomic E-state index is 0.231. The maximum atomic E-state index is 13.3. The maximum absolute atomic E-state index is 13.3. The minimum atomic E-state index is -0.401. The van der Waals surface area contributed by atoms with Crippen LogP contribution in [0, 0.1) is 31.0 Å². The summed E-state index contributed by atoms with van der Waals surface area (Å²) < 4.78 is 15.3. The van der Waals surface area contributed by atoms with E-state index in [0.29, 0.717) is 6.42 Å². The van der Waals surface area contributed by atoms with Gasteiger partial charge in [-0.1, -0.05) is 25.1 Å². The molecule has 0 saturated carbocycles. The molecule has 5 heteroatoms. The van der Waals surface area contributed by atoms with Crippen LogP contribution in [0.3, 0.4) is 0 Å². The maximum Gasteiger partial charge on any atom is 0.123 e. The van der Waals surface area contributed by atoms with Crippen LogP contribution < -0.4 is 0 Å². The van der Waals surface area contributed by atoms with Crippen molar-refractivity contribution < 1.29 is 4.39 Å². The van der Waals surface area contributed by atoms with Crippen LogP contribution in [0.25, 0.3) is 10.9 Å². The summed E-state index contributed by atoms with van der Waals surface area (Å²) in [5.41, 5.74) is 7.17. The first-order valence-corrected chi connectivity index (χ1v) is 10.5. The van der Waals surface area contributed by atoms with Gasteiger partial charge in [0.1, 0.15) is 17.6 Å². The lowest BCUT2D eigenvalue weighted by Crippen LogP contribution is -2.07. The first-order chi connectivity index (χ1) is 14.9. The second-order valence-electron chi connectivity index (χ2n) is 7.95. The lowest BCUT2D eigenvalue weighted by Gasteiger charge is -2.17. The Labute approximate surface area is 182 Å². The van der Waals surface area contributed by atoms with E-state index >= 15 is 0 Å². The number of hydrogen-bond acceptors (Lipinski definition) is 3. The molecule has 2 aromatic heterocycles. The van der Waals surface area contributed by atoms with Gasteiger partial charge in [0.2, 0.25) is 0 Å². The molecule has 0 fully saturated rings. The highest BCUT2D eigenvalue weighted by atomic mass is 19.1. The van der Waals surface area contributed by atoms with E-state index in [-0.39, 0.29) is 5.82 Å². The van der Waals surface area contributed by atoms with Crippen molar-refractivity contribution >= 4 is 10.9 Å². The Hall–Kier alpha value is -3.52. The van der Waals surface area contributed by atoms with Crippen molar-refractivity contribution in [1.29, 1.82) is 5.26 Å². The van der Waals surface area contributed by atoms with Gasteiger partial charge in [0.15, 0.2) is 0 Å². The summed E-state index contributed by atoms with van der Waals surface area (Å²) in [4.78, 5) is 9.27. The highest BCUT2D eigenvalue weighted by molar-refractivity contribution is 5.84. The first-order valence-electron chi connectivity index (χ1n) is 10.5. The van der Waals surface area contributed by atoms with Gasteiger partial charge in [-0.2, -0.15) is 5.26 Å². The summed E-state index contributed by atoms with van der Waals surface area (Å²) in [6, 6.07) is 15.2. The third kappa shape index (κ3) is 3.82. The molecule has 31 heavy (non-hydrogen) atoms. The van der Waals surface area contributed by atoms with Crippen LogP contribution >= 0.6 is 0 Å². The molecule has 0 aliphatic rings. The van der Waals surface area contributed by atoms with E-state index < -0.39 is 5.92 Å². The zero-order chi connectivity index (χ0) is 22.1. The SMILES string of the molecule is CCc1nc2ccc(C(C#N)c3cnc(C)n3C)cc2c(C)c1Cc1ccc(F)cc1. The molecule has 0 saturated heterocycles. The predicted molar refractivity (Wildman–Crippen MR) is 120 cm³/mol. The quantitative estimate of drug-likeness (QED) is 0.433. The van der Waals surface area contributed by atoms with Gasteiger partial charge in [0, 0.05) is 18.1 Å². The van der Waals surface area contributed by atoms with Crippen molar-refractivity contribution in [3.63, 3.8) is 0 Å². The van der Waals surface area contributed by atoms with Crippen LogP contribution in [0.1, 0.15) is 52.3 Å². The number of benzene rings is 2. The molecule has 4 nitrogen and oxygen atoms in total. The Morgan fingerprint density at radius 3 is 2.48 bits per heavy atom. The van der Waals surface area contributed by atoms with E-state index in [1.54, 1.807) is 6.20 Å². The standard InChI is InChI=1S/C26H25FN4/c1-5-24-21(12-18-6-9-20(27)10-7-18)16(2)22-13-19(8-11-25(22)30-24)23(14-28)26-15-29-17(3)31(26)4/h6-11,13,15,23H,5,12H2,1-4H3. The van der Waals surface area contributed by atoms with Crippen LogP contribution in [0.15, 0.2) is 48.7 Å². The number of nitriles is 1. The first kappa shape index (κ1) is 20.7. The Morgan fingerprint density at radius 1 is 1.13 bits per heavy atom. The van der Waals surface area contributed by atoms with Crippen LogP contribution in [-0.4, -0.2) is 14.5 Å². The number of halogens is 1. The van der Waals surface area contributed by atoms with Gasteiger partial charge in [0.05, 0.1) is 23.5 Å². The molecule has 1 unspecified atom stereocenters. The third-order valence-corrected chi connectivity index (χ3v) is 6.12. The largest absolute Gasteiger partial charge is 0.334 e. The van der Waals surface area contributed by atoms with Crippen LogP contribution in [0.5, 0.6) is 0 Å². The molecule has 4 rings (SSSR count). The molecule has 0 aliphatic heterocycles. The zero-order valence-corrected chi connectivity index (χ0v) is 18.3. The molecule has 0 amide bonds. The molecule has 0 N–H and O–H groups in total. The van der Waals surface area contributed by atoms with Gasteiger partial charge < -0.3 is 4.57 Å². The fourth-order valence-electron chi connectivity index (χ4n) is 4.16. The van der Waals surface area contributed by atoms with Crippen molar-refractivity contribution in [3.8, 4) is 6.07 Å². The summed E-state index contributed by atoms with van der Waals surface area (Å²) in [6.07, 6.45) is 3.30. The monoisotopic (exact) mass is 412 g/mol. The fourth-order valence-corrected chi connectivity index (χ4v) is 4.16. The summed E-state index contributed by atoms with van der Waals surface area (Å²) in [7, 11) is 1.93. The summed E-state index contributed by atoms with van der Waals surface area (Å²) in [5.74, 6) is 0.245. The van der Waals surface area contributed by atoms with Gasteiger partial charge in [-0.05, 0) is 73.2 Å². The normalized spacial score (nSPS) is 12.1. The molecule has 0 spiro atoms. The molecule has 0 bridgehead atoms. The average Bonchev–Trinajstić information content (AvgIpc) is 3.10. The summed E-state index contributed by atoms with van der Waals surface area (Å²) in [5, 5.41) is 11.0. The lowest BCUT2D eigenvalue weighted by molar-refractivity contribution is 0.627. The zero-order valence-electron chi connectivity index (χ0n) is 18.3. The van der Waals surface area contributed by atoms with Crippen LogP contribution in [0.2, 0.25) is 0 Å². The highest BCUT2D eigenvalue weighted by Gasteiger charge is 2.20. The van der Waals surface area contributed by atoms with E-state index in [1.807, 2.05) is 42.8 Å². The van der Waals surface area contributed by atoms with Gasteiger partial charge >= 0.3 is 0 Å². The number of nitrogens with zero attached hydrogens (tertiary/aromatic N) is 4. The molecular weight excluding hydrogens is 387 g/mol. The van der Waals surface area contributed by atoms with Gasteiger partial charge in [-0.3, -0.25) is 4.98 Å². The summed E-state index contributed by atoms with van der Waals surface area (Å²) in [6.45, 7) is 6.15. The number of hydrogen-bond donors (Lipinski definition) is 0. The van der Waals surface area contributed by atoms with E-state index in [1.165, 1.54) is 17.7 Å². The topological polar surface area (TPSA) is 54.5 Å². The van der Waals surface area contributed by atoms with Crippen molar-refractivity contribution in [2.75, 3.05) is 0 Å². The van der Waals surface area contributed by atoms with Crippen molar-refractivity contribution in [2.45, 2.75) is 39.5 Å². The van der Waals surface area contributed by atoms with Gasteiger partial charge in [0.25, 0.3) is 0 Å². The van der Waals surface area contributed by atoms with Crippen molar-refractivity contribution in [1.82, 2.24) is 14.5 Å². The number of aryl methyl sites for hydroxylation is 3. The van der Waals surface area contributed by atoms with Gasteiger partial charge in [-0.25, -0.2) is 9.37 Å². The predicted octanol–water partition coefficient (Wildman–Crippen LogP) is 5.53. The molecule has 1 atom stereocenters. The van der Waals surface area contributed by atoms with Crippen molar-refractivity contribution in [2.24, 2.45) is 7.05 Å². The lowest BCUT2D eigenvalue weighted by atomic mass is 9.91. The number of imidazole rings is 1. The van der Waals surface area contributed by atoms with E-state index in [0.717, 1.165) is 51.2 Å². The van der Waals surface area contributed by atoms with Crippen molar-refractivity contribution in [3.05, 3.63) is 93.9 Å². The molecule has 156 valence electrons. The number of fused-ring (bicyclic) bond motifs is 1. The molecule has 0 aliphatic carbocycles. The molecule has 2 aromatic carbocycles. The Morgan fingerprint density at radius 2 is 1.87 bits per heavy atom. The van der Waals surface area contributed by atoms with Crippen LogP contribution in [0.4, 0.5) is 4.39 Å². The molecule has 2 heterocycles. The summed E-state index contributed by atoms with van der Waals surface area (Å²) >= 11 is 0.